The lowest BCUT2D eigenvalue weighted by atomic mass is 9.79. The van der Waals surface area contributed by atoms with Crippen LogP contribution in [0, 0.1) is 5.41 Å². The quantitative estimate of drug-likeness (QED) is 0.767. The van der Waals surface area contributed by atoms with E-state index in [9.17, 15) is 4.79 Å². The maximum absolute atomic E-state index is 12.1. The zero-order valence-corrected chi connectivity index (χ0v) is 11.9. The van der Waals surface area contributed by atoms with Gasteiger partial charge in [0.05, 0.1) is 19.1 Å². The number of nitrogens with two attached hydrogens (primary N) is 1. The second kappa shape index (κ2) is 7.14. The fourth-order valence-corrected chi connectivity index (χ4v) is 2.06. The Hall–Kier alpha value is -1.55. The van der Waals surface area contributed by atoms with E-state index in [1.807, 2.05) is 38.1 Å². The summed E-state index contributed by atoms with van der Waals surface area (Å²) in [7, 11) is 1.63. The van der Waals surface area contributed by atoms with Crippen LogP contribution >= 0.6 is 0 Å². The third kappa shape index (κ3) is 3.70. The molecule has 4 nitrogen and oxygen atoms in total. The lowest BCUT2D eigenvalue weighted by molar-refractivity contribution is -0.155. The van der Waals surface area contributed by atoms with Crippen molar-refractivity contribution < 1.29 is 14.3 Å². The van der Waals surface area contributed by atoms with Gasteiger partial charge in [-0.3, -0.25) is 4.79 Å². The molecule has 0 spiro atoms. The second-order valence-corrected chi connectivity index (χ2v) is 4.58. The van der Waals surface area contributed by atoms with Crippen LogP contribution in [0.4, 0.5) is 0 Å². The standard InChI is InChI=1S/C15H23NO3/c1-4-15(11-16,14(17)19-5-2)10-12-6-8-13(18-3)9-7-12/h6-9H,4-5,10-11,16H2,1-3H3. The van der Waals surface area contributed by atoms with Crippen LogP contribution in [-0.4, -0.2) is 26.2 Å². The third-order valence-electron chi connectivity index (χ3n) is 3.48. The van der Waals surface area contributed by atoms with Gasteiger partial charge in [-0.1, -0.05) is 19.1 Å². The zero-order chi connectivity index (χ0) is 14.3. The minimum Gasteiger partial charge on any atom is -0.497 e. The molecule has 0 aromatic heterocycles. The molecule has 4 heteroatoms. The highest BCUT2D eigenvalue weighted by Gasteiger charge is 2.36. The minimum absolute atomic E-state index is 0.212. The van der Waals surface area contributed by atoms with Gasteiger partial charge in [-0.2, -0.15) is 0 Å². The zero-order valence-electron chi connectivity index (χ0n) is 11.9. The number of benzene rings is 1. The molecule has 0 aliphatic heterocycles. The Morgan fingerprint density at radius 2 is 1.89 bits per heavy atom. The molecular weight excluding hydrogens is 242 g/mol. The van der Waals surface area contributed by atoms with Crippen LogP contribution in [0.15, 0.2) is 24.3 Å². The molecular formula is C15H23NO3. The number of rotatable bonds is 7. The Balaban J connectivity index is 2.90. The first-order chi connectivity index (χ1) is 9.11. The monoisotopic (exact) mass is 265 g/mol. The SMILES string of the molecule is CCOC(=O)C(CC)(CN)Cc1ccc(OC)cc1. The van der Waals surface area contributed by atoms with Crippen LogP contribution in [0.1, 0.15) is 25.8 Å². The summed E-state index contributed by atoms with van der Waals surface area (Å²) in [6, 6.07) is 7.69. The van der Waals surface area contributed by atoms with Crippen molar-refractivity contribution >= 4 is 5.97 Å². The molecule has 0 heterocycles. The Bertz CT molecular complexity index is 396. The van der Waals surface area contributed by atoms with Gasteiger partial charge in [0.2, 0.25) is 0 Å². The van der Waals surface area contributed by atoms with Gasteiger partial charge in [-0.05, 0) is 37.5 Å². The largest absolute Gasteiger partial charge is 0.497 e. The highest BCUT2D eigenvalue weighted by atomic mass is 16.5. The molecule has 0 bridgehead atoms. The van der Waals surface area contributed by atoms with E-state index in [-0.39, 0.29) is 12.5 Å². The Morgan fingerprint density at radius 3 is 2.32 bits per heavy atom. The van der Waals surface area contributed by atoms with Gasteiger partial charge in [-0.25, -0.2) is 0 Å². The van der Waals surface area contributed by atoms with Crippen molar-refractivity contribution in [3.05, 3.63) is 29.8 Å². The summed E-state index contributed by atoms with van der Waals surface area (Å²) in [5, 5.41) is 0. The first-order valence-corrected chi connectivity index (χ1v) is 6.62. The van der Waals surface area contributed by atoms with Gasteiger partial charge in [0.15, 0.2) is 0 Å². The van der Waals surface area contributed by atoms with E-state index in [0.29, 0.717) is 19.4 Å². The lowest BCUT2D eigenvalue weighted by Gasteiger charge is -2.28. The minimum atomic E-state index is -0.634. The number of hydrogen-bond acceptors (Lipinski definition) is 4. The summed E-state index contributed by atoms with van der Waals surface area (Å²) in [5.41, 5.74) is 6.25. The molecule has 0 fully saturated rings. The van der Waals surface area contributed by atoms with E-state index >= 15 is 0 Å². The van der Waals surface area contributed by atoms with Crippen LogP contribution < -0.4 is 10.5 Å². The molecule has 1 atom stereocenters. The van der Waals surface area contributed by atoms with Crippen LogP contribution in [0.25, 0.3) is 0 Å². The first-order valence-electron chi connectivity index (χ1n) is 6.62. The fourth-order valence-electron chi connectivity index (χ4n) is 2.06. The third-order valence-corrected chi connectivity index (χ3v) is 3.48. The first kappa shape index (κ1) is 15.5. The van der Waals surface area contributed by atoms with Crippen LogP contribution in [0.3, 0.4) is 0 Å². The number of methoxy groups -OCH3 is 1. The van der Waals surface area contributed by atoms with Crippen molar-refractivity contribution in [2.45, 2.75) is 26.7 Å². The molecule has 1 aromatic rings. The predicted molar refractivity (Wildman–Crippen MR) is 75.1 cm³/mol. The van der Waals surface area contributed by atoms with Crippen LogP contribution in [-0.2, 0) is 16.0 Å². The highest BCUT2D eigenvalue weighted by molar-refractivity contribution is 5.77. The molecule has 1 aromatic carbocycles. The molecule has 0 radical (unpaired) electrons. The average molecular weight is 265 g/mol. The van der Waals surface area contributed by atoms with Crippen LogP contribution in [0.2, 0.25) is 0 Å². The van der Waals surface area contributed by atoms with Crippen molar-refractivity contribution in [2.24, 2.45) is 11.1 Å². The van der Waals surface area contributed by atoms with Crippen molar-refractivity contribution in [2.75, 3.05) is 20.3 Å². The summed E-state index contributed by atoms with van der Waals surface area (Å²) in [5.74, 6) is 0.588. The molecule has 106 valence electrons. The van der Waals surface area contributed by atoms with Crippen molar-refractivity contribution in [3.8, 4) is 5.75 Å². The molecule has 0 saturated heterocycles. The van der Waals surface area contributed by atoms with E-state index in [0.717, 1.165) is 11.3 Å². The van der Waals surface area contributed by atoms with Gasteiger partial charge in [0.1, 0.15) is 5.75 Å². The van der Waals surface area contributed by atoms with E-state index in [1.165, 1.54) is 0 Å². The maximum atomic E-state index is 12.1. The normalized spacial score (nSPS) is 13.7. The van der Waals surface area contributed by atoms with Gasteiger partial charge in [0, 0.05) is 6.54 Å². The maximum Gasteiger partial charge on any atom is 0.313 e. The van der Waals surface area contributed by atoms with Gasteiger partial charge in [0.25, 0.3) is 0 Å². The van der Waals surface area contributed by atoms with Gasteiger partial charge < -0.3 is 15.2 Å². The lowest BCUT2D eigenvalue weighted by Crippen LogP contribution is -2.41. The highest BCUT2D eigenvalue weighted by Crippen LogP contribution is 2.28. The molecule has 0 saturated carbocycles. The predicted octanol–water partition coefficient (Wildman–Crippen LogP) is 2.16. The molecule has 1 rings (SSSR count). The second-order valence-electron chi connectivity index (χ2n) is 4.58. The fraction of sp³-hybridized carbons (Fsp3) is 0.533. The number of carbonyl (C=O) groups is 1. The Kier molecular flexibility index (Phi) is 5.83. The summed E-state index contributed by atoms with van der Waals surface area (Å²) in [6.07, 6.45) is 1.25. The summed E-state index contributed by atoms with van der Waals surface area (Å²) >= 11 is 0. The van der Waals surface area contributed by atoms with Gasteiger partial charge in [-0.15, -0.1) is 0 Å². The van der Waals surface area contributed by atoms with Crippen molar-refractivity contribution in [1.82, 2.24) is 0 Å². The van der Waals surface area contributed by atoms with Crippen LogP contribution in [0.5, 0.6) is 5.75 Å². The summed E-state index contributed by atoms with van der Waals surface area (Å²) in [6.45, 7) is 4.44. The average Bonchev–Trinajstić information content (AvgIpc) is 2.45. The molecule has 19 heavy (non-hydrogen) atoms. The molecule has 0 aliphatic rings. The molecule has 0 aliphatic carbocycles. The summed E-state index contributed by atoms with van der Waals surface area (Å²) < 4.78 is 10.3. The Morgan fingerprint density at radius 1 is 1.26 bits per heavy atom. The number of esters is 1. The summed E-state index contributed by atoms with van der Waals surface area (Å²) in [4.78, 5) is 12.1. The van der Waals surface area contributed by atoms with E-state index in [2.05, 4.69) is 0 Å². The van der Waals surface area contributed by atoms with E-state index in [1.54, 1.807) is 7.11 Å². The molecule has 1 unspecified atom stereocenters. The molecule has 2 N–H and O–H groups in total. The number of carbonyl (C=O) groups excluding carboxylic acids is 1. The number of hydrogen-bond donors (Lipinski definition) is 1. The van der Waals surface area contributed by atoms with E-state index < -0.39 is 5.41 Å². The smallest absolute Gasteiger partial charge is 0.313 e. The Labute approximate surface area is 114 Å². The topological polar surface area (TPSA) is 61.5 Å². The van der Waals surface area contributed by atoms with Crippen molar-refractivity contribution in [3.63, 3.8) is 0 Å². The number of ether oxygens (including phenoxy) is 2. The van der Waals surface area contributed by atoms with Gasteiger partial charge >= 0.3 is 5.97 Å². The van der Waals surface area contributed by atoms with E-state index in [4.69, 9.17) is 15.2 Å². The van der Waals surface area contributed by atoms with Crippen molar-refractivity contribution in [1.29, 1.82) is 0 Å². The molecule has 0 amide bonds.